The average molecular weight is 634 g/mol. The minimum atomic E-state index is -3.83. The molecule has 0 rings (SSSR count). The normalized spacial score (nSPS) is 17.2. The molecule has 0 saturated heterocycles. The lowest BCUT2D eigenvalue weighted by atomic mass is 10.1. The number of hydrogen-bond acceptors (Lipinski definition) is 9. The van der Waals surface area contributed by atoms with Gasteiger partial charge in [-0.05, 0) is 98.2 Å². The SMILES string of the molecule is CO/N=C/C[C@@H](O[Si](C)(C)C)[C@H](O[Si](C)(C)C)[C@@H](COP(=O)(O[Si](C)(C)C)O[Si](C)(C)C)O[Si](C)(C)C. The lowest BCUT2D eigenvalue weighted by molar-refractivity contribution is -0.0486. The lowest BCUT2D eigenvalue weighted by Gasteiger charge is -2.42. The van der Waals surface area contributed by atoms with Crippen molar-refractivity contribution in [1.29, 1.82) is 0 Å². The van der Waals surface area contributed by atoms with Crippen LogP contribution in [0.5, 0.6) is 0 Å². The van der Waals surface area contributed by atoms with Crippen LogP contribution in [-0.2, 0) is 35.6 Å². The van der Waals surface area contributed by atoms with E-state index in [4.69, 9.17) is 31.1 Å². The second-order valence-corrected chi connectivity index (χ2v) is 38.5. The van der Waals surface area contributed by atoms with E-state index in [-0.39, 0.29) is 12.7 Å². The maximum Gasteiger partial charge on any atom is 0.455 e. The predicted molar refractivity (Wildman–Crippen MR) is 167 cm³/mol. The predicted octanol–water partition coefficient (Wildman–Crippen LogP) is 7.50. The summed E-state index contributed by atoms with van der Waals surface area (Å²) in [6.45, 7) is 31.0. The van der Waals surface area contributed by atoms with Gasteiger partial charge in [-0.25, -0.2) is 4.57 Å². The Hall–Kier alpha value is 0.544. The zero-order valence-electron chi connectivity index (χ0n) is 26.4. The molecule has 0 aliphatic heterocycles. The highest BCUT2D eigenvalue weighted by Crippen LogP contribution is 2.54. The van der Waals surface area contributed by atoms with Gasteiger partial charge in [0.1, 0.15) is 7.11 Å². The summed E-state index contributed by atoms with van der Waals surface area (Å²) in [5.41, 5.74) is 0. The summed E-state index contributed by atoms with van der Waals surface area (Å²) in [4.78, 5) is 4.91. The van der Waals surface area contributed by atoms with Crippen LogP contribution in [0.15, 0.2) is 5.16 Å². The molecule has 3 atom stereocenters. The first-order chi connectivity index (χ1) is 16.2. The van der Waals surface area contributed by atoms with E-state index in [1.54, 1.807) is 6.21 Å². The molecule has 15 heteroatoms. The molecule has 0 aliphatic rings. The molecule has 0 unspecified atom stereocenters. The molecule has 0 aliphatic carbocycles. The third kappa shape index (κ3) is 20.1. The second-order valence-electron chi connectivity index (χ2n) is 14.1. The zero-order valence-corrected chi connectivity index (χ0v) is 32.3. The van der Waals surface area contributed by atoms with Gasteiger partial charge in [0.05, 0.1) is 24.9 Å². The quantitative estimate of drug-likeness (QED) is 0.0663. The highest BCUT2D eigenvalue weighted by Gasteiger charge is 2.43. The molecule has 0 aromatic rings. The number of phosphoric acid groups is 1. The fourth-order valence-electron chi connectivity index (χ4n) is 3.28. The maximum absolute atomic E-state index is 13.9. The molecule has 0 radical (unpaired) electrons. The van der Waals surface area contributed by atoms with E-state index in [1.165, 1.54) is 7.11 Å². The maximum atomic E-state index is 13.9. The van der Waals surface area contributed by atoms with Gasteiger partial charge in [-0.15, -0.1) is 0 Å². The van der Waals surface area contributed by atoms with Crippen molar-refractivity contribution in [3.8, 4) is 0 Å². The number of nitrogens with zero attached hydrogens (tertiary/aromatic N) is 1. The molecule has 0 amide bonds. The van der Waals surface area contributed by atoms with Crippen LogP contribution in [-0.4, -0.2) is 79.8 Å². The molecule has 9 nitrogen and oxygen atoms in total. The summed E-state index contributed by atoms with van der Waals surface area (Å²) in [5.74, 6) is 0. The van der Waals surface area contributed by atoms with Gasteiger partial charge >= 0.3 is 7.82 Å². The molecule has 37 heavy (non-hydrogen) atoms. The summed E-state index contributed by atoms with van der Waals surface area (Å²) in [6, 6.07) is 0. The first-order valence-electron chi connectivity index (χ1n) is 13.0. The zero-order chi connectivity index (χ0) is 29.5. The lowest BCUT2D eigenvalue weighted by Crippen LogP contribution is -2.54. The van der Waals surface area contributed by atoms with Crippen LogP contribution in [0.4, 0.5) is 0 Å². The second kappa shape index (κ2) is 14.4. The standard InChI is InChI=1S/C22H56NO8PSi5/c1-25-23-18-17-20(27-33(2,3)4)22(29-35(8,9)10)21(28-34(5,6)7)19-26-32(24,30-36(11,12)13)31-37(14,15)16/h18,20-22H,17,19H2,1-16H3/b23-18+/t20-,21-,22+/m1/s1. The molecule has 0 heterocycles. The van der Waals surface area contributed by atoms with Crippen LogP contribution < -0.4 is 0 Å². The highest BCUT2D eigenvalue weighted by molar-refractivity contribution is 7.52. The van der Waals surface area contributed by atoms with Gasteiger partial charge in [0.15, 0.2) is 41.6 Å². The van der Waals surface area contributed by atoms with Gasteiger partial charge in [0.25, 0.3) is 0 Å². The molecule has 0 aromatic heterocycles. The van der Waals surface area contributed by atoms with Gasteiger partial charge in [-0.1, -0.05) is 5.16 Å². The number of rotatable bonds is 18. The third-order valence-corrected chi connectivity index (χ3v) is 13.6. The van der Waals surface area contributed by atoms with Crippen molar-refractivity contribution in [2.75, 3.05) is 13.7 Å². The molecule has 0 bridgehead atoms. The fourth-order valence-corrected chi connectivity index (χ4v) is 13.3. The van der Waals surface area contributed by atoms with Gasteiger partial charge in [0.2, 0.25) is 0 Å². The summed E-state index contributed by atoms with van der Waals surface area (Å²) < 4.78 is 52.1. The smallest absolute Gasteiger partial charge is 0.412 e. The number of oxime groups is 1. The van der Waals surface area contributed by atoms with Crippen molar-refractivity contribution in [1.82, 2.24) is 0 Å². The van der Waals surface area contributed by atoms with Crippen molar-refractivity contribution < 1.29 is 35.6 Å². The van der Waals surface area contributed by atoms with E-state index in [2.05, 4.69) is 64.1 Å². The minimum Gasteiger partial charge on any atom is -0.412 e. The molecule has 0 saturated carbocycles. The molecule has 0 spiro atoms. The van der Waals surface area contributed by atoms with E-state index in [1.807, 2.05) is 39.3 Å². The molecule has 0 N–H and O–H groups in total. The van der Waals surface area contributed by atoms with Crippen molar-refractivity contribution in [3.63, 3.8) is 0 Å². The van der Waals surface area contributed by atoms with Gasteiger partial charge < -0.3 is 26.5 Å². The number of hydrogen-bond donors (Lipinski definition) is 0. The minimum absolute atomic E-state index is 0.00136. The molecular weight excluding hydrogens is 578 g/mol. The molecule has 222 valence electrons. The van der Waals surface area contributed by atoms with Gasteiger partial charge in [-0.3, -0.25) is 4.52 Å². The summed E-state index contributed by atoms with van der Waals surface area (Å²) in [5, 5.41) is 3.95. The first kappa shape index (κ1) is 37.5. The Balaban J connectivity index is 6.52. The van der Waals surface area contributed by atoms with E-state index in [0.29, 0.717) is 6.42 Å². The summed E-state index contributed by atoms with van der Waals surface area (Å²) >= 11 is 0. The third-order valence-electron chi connectivity index (χ3n) is 3.92. The van der Waals surface area contributed by atoms with Crippen LogP contribution in [0.1, 0.15) is 6.42 Å². The molecule has 0 aromatic carbocycles. The summed E-state index contributed by atoms with van der Waals surface area (Å²) in [7, 11) is -13.0. The Labute approximate surface area is 232 Å². The van der Waals surface area contributed by atoms with Crippen molar-refractivity contribution in [2.24, 2.45) is 5.16 Å². The van der Waals surface area contributed by atoms with Gasteiger partial charge in [-0.2, -0.15) is 0 Å². The Bertz CT molecular complexity index is 735. The molecular formula is C22H56NO8PSi5. The van der Waals surface area contributed by atoms with E-state index in [0.717, 1.165) is 0 Å². The largest absolute Gasteiger partial charge is 0.455 e. The van der Waals surface area contributed by atoms with Crippen LogP contribution in [0.25, 0.3) is 0 Å². The Morgan fingerprint density at radius 1 is 0.649 bits per heavy atom. The topological polar surface area (TPSA) is 94.0 Å². The van der Waals surface area contributed by atoms with Crippen LogP contribution in [0, 0.1) is 0 Å². The van der Waals surface area contributed by atoms with E-state index in [9.17, 15) is 4.57 Å². The Kier molecular flexibility index (Phi) is 14.7. The van der Waals surface area contributed by atoms with Crippen molar-refractivity contribution in [3.05, 3.63) is 0 Å². The Morgan fingerprint density at radius 2 is 1.05 bits per heavy atom. The summed E-state index contributed by atoms with van der Waals surface area (Å²) in [6.07, 6.45) is 0.816. The highest BCUT2D eigenvalue weighted by atomic mass is 31.2. The van der Waals surface area contributed by atoms with Crippen LogP contribution in [0.2, 0.25) is 98.2 Å². The monoisotopic (exact) mass is 633 g/mol. The van der Waals surface area contributed by atoms with Crippen LogP contribution >= 0.6 is 7.82 Å². The van der Waals surface area contributed by atoms with Gasteiger partial charge in [0, 0.05) is 12.6 Å². The Morgan fingerprint density at radius 3 is 1.41 bits per heavy atom. The first-order valence-corrected chi connectivity index (χ1v) is 31.5. The van der Waals surface area contributed by atoms with Crippen LogP contribution in [0.3, 0.4) is 0 Å². The average Bonchev–Trinajstić information content (AvgIpc) is 2.56. The molecule has 0 fully saturated rings. The van der Waals surface area contributed by atoms with E-state index >= 15 is 0 Å². The van der Waals surface area contributed by atoms with Crippen molar-refractivity contribution in [2.45, 2.75) is 123 Å². The fraction of sp³-hybridized carbons (Fsp3) is 0.955. The van der Waals surface area contributed by atoms with Crippen molar-refractivity contribution >= 4 is 55.6 Å². The van der Waals surface area contributed by atoms with E-state index < -0.39 is 61.6 Å².